The average molecular weight is 620 g/mol. The lowest BCUT2D eigenvalue weighted by Crippen LogP contribution is -2.54. The highest BCUT2D eigenvalue weighted by Gasteiger charge is 2.45. The minimum atomic E-state index is -1.07. The van der Waals surface area contributed by atoms with Gasteiger partial charge in [0.15, 0.2) is 0 Å². The number of anilines is 1. The summed E-state index contributed by atoms with van der Waals surface area (Å²) in [6.07, 6.45) is 2.68. The number of benzene rings is 1. The first-order valence-corrected chi connectivity index (χ1v) is 14.9. The molecular weight excluding hydrogens is 578 g/mol. The van der Waals surface area contributed by atoms with Gasteiger partial charge >= 0.3 is 5.97 Å². The van der Waals surface area contributed by atoms with E-state index in [4.69, 9.17) is 23.7 Å². The zero-order valence-electron chi connectivity index (χ0n) is 25.1. The summed E-state index contributed by atoms with van der Waals surface area (Å²) < 4.78 is 26.5. The Morgan fingerprint density at radius 3 is 2.16 bits per heavy atom. The molecule has 1 saturated heterocycles. The highest BCUT2D eigenvalue weighted by Crippen LogP contribution is 2.32. The monoisotopic (exact) mass is 619 g/mol. The van der Waals surface area contributed by atoms with E-state index >= 15 is 0 Å². The Balaban J connectivity index is 1.21. The second-order valence-corrected chi connectivity index (χ2v) is 10.0. The summed E-state index contributed by atoms with van der Waals surface area (Å²) in [6.45, 7) is 5.50. The number of amides is 5. The van der Waals surface area contributed by atoms with Crippen molar-refractivity contribution in [3.63, 3.8) is 0 Å². The van der Waals surface area contributed by atoms with Gasteiger partial charge in [0, 0.05) is 19.4 Å². The van der Waals surface area contributed by atoms with E-state index in [-0.39, 0.29) is 54.4 Å². The van der Waals surface area contributed by atoms with Crippen LogP contribution in [0.1, 0.15) is 72.6 Å². The Labute approximate surface area is 256 Å². The predicted octanol–water partition coefficient (Wildman–Crippen LogP) is 1.61. The number of hydrogen-bond donors (Lipinski definition) is 2. The molecule has 2 aliphatic rings. The first-order chi connectivity index (χ1) is 21.3. The van der Waals surface area contributed by atoms with Gasteiger partial charge in [0.2, 0.25) is 17.7 Å². The van der Waals surface area contributed by atoms with E-state index in [1.807, 2.05) is 0 Å². The molecule has 0 saturated carbocycles. The first kappa shape index (κ1) is 34.8. The van der Waals surface area contributed by atoms with Crippen LogP contribution < -0.4 is 10.6 Å². The van der Waals surface area contributed by atoms with Crippen molar-refractivity contribution in [3.8, 4) is 0 Å². The molecule has 1 aromatic rings. The van der Waals surface area contributed by atoms with Gasteiger partial charge in [-0.05, 0) is 38.3 Å². The summed E-state index contributed by atoms with van der Waals surface area (Å²) >= 11 is 0. The molecule has 1 aromatic carbocycles. The lowest BCUT2D eigenvalue weighted by atomic mass is 10.0. The standard InChI is InChI=1S/C30H41N3O11/c1-2-44-26(36)12-14-41-16-18-43-20-19-42-17-15-40-13-5-3-4-9-24(34)31-22-8-6-7-21-27(22)30(39)33(29(21)38)23-10-11-25(35)32-28(23)37/h6-8,23H,2-5,9-20H2,1H3,(H,31,34)(H,32,35,37). The molecule has 0 aromatic heterocycles. The zero-order valence-corrected chi connectivity index (χ0v) is 25.1. The number of unbranched alkanes of at least 4 members (excludes halogenated alkanes) is 2. The van der Waals surface area contributed by atoms with Gasteiger partial charge < -0.3 is 29.0 Å². The van der Waals surface area contributed by atoms with E-state index in [1.54, 1.807) is 19.1 Å². The molecule has 0 radical (unpaired) electrons. The second kappa shape index (κ2) is 18.8. The molecule has 1 fully saturated rings. The minimum absolute atomic E-state index is 0.0295. The third-order valence-electron chi connectivity index (χ3n) is 6.81. The fourth-order valence-corrected chi connectivity index (χ4v) is 4.65. The predicted molar refractivity (Wildman–Crippen MR) is 155 cm³/mol. The average Bonchev–Trinajstić information content (AvgIpc) is 3.24. The number of nitrogens with one attached hydrogen (secondary N) is 2. The molecule has 44 heavy (non-hydrogen) atoms. The molecule has 0 bridgehead atoms. The highest BCUT2D eigenvalue weighted by molar-refractivity contribution is 6.26. The summed E-state index contributed by atoms with van der Waals surface area (Å²) in [6, 6.07) is 3.52. The number of nitrogens with zero attached hydrogens (tertiary/aromatic N) is 1. The van der Waals surface area contributed by atoms with Crippen molar-refractivity contribution in [2.75, 3.05) is 64.8 Å². The van der Waals surface area contributed by atoms with Crippen LogP contribution in [0.2, 0.25) is 0 Å². The van der Waals surface area contributed by atoms with Crippen LogP contribution in [0.15, 0.2) is 18.2 Å². The van der Waals surface area contributed by atoms with Crippen LogP contribution in [0.4, 0.5) is 5.69 Å². The molecular formula is C30H41N3O11. The number of fused-ring (bicyclic) bond motifs is 1. The number of carbonyl (C=O) groups excluding carboxylic acids is 6. The number of hydrogen-bond acceptors (Lipinski definition) is 11. The van der Waals surface area contributed by atoms with Crippen molar-refractivity contribution in [1.29, 1.82) is 0 Å². The number of piperidine rings is 1. The third kappa shape index (κ3) is 10.8. The topological polar surface area (TPSA) is 176 Å². The van der Waals surface area contributed by atoms with Gasteiger partial charge in [0.25, 0.3) is 11.8 Å². The van der Waals surface area contributed by atoms with Crippen molar-refractivity contribution < 1.29 is 52.5 Å². The maximum atomic E-state index is 13.1. The number of imide groups is 2. The van der Waals surface area contributed by atoms with Crippen LogP contribution in [-0.4, -0.2) is 106 Å². The largest absolute Gasteiger partial charge is 0.466 e. The van der Waals surface area contributed by atoms with E-state index in [0.29, 0.717) is 65.9 Å². The Hall–Kier alpha value is -3.72. The Bertz CT molecular complexity index is 1170. The van der Waals surface area contributed by atoms with E-state index < -0.39 is 29.7 Å². The first-order valence-electron chi connectivity index (χ1n) is 14.9. The molecule has 0 aliphatic carbocycles. The normalized spacial score (nSPS) is 16.2. The summed E-state index contributed by atoms with van der Waals surface area (Å²) in [5, 5.41) is 4.88. The molecule has 2 heterocycles. The Kier molecular flexibility index (Phi) is 14.9. The maximum Gasteiger partial charge on any atom is 0.308 e. The number of rotatable bonds is 21. The van der Waals surface area contributed by atoms with Crippen LogP contribution in [0.25, 0.3) is 0 Å². The van der Waals surface area contributed by atoms with Gasteiger partial charge in [-0.1, -0.05) is 12.5 Å². The summed E-state index contributed by atoms with van der Waals surface area (Å²) in [4.78, 5) is 74.4. The van der Waals surface area contributed by atoms with Gasteiger partial charge in [0.05, 0.1) is 76.1 Å². The van der Waals surface area contributed by atoms with Gasteiger partial charge in [-0.15, -0.1) is 0 Å². The fourth-order valence-electron chi connectivity index (χ4n) is 4.65. The summed E-state index contributed by atoms with van der Waals surface area (Å²) in [7, 11) is 0. The summed E-state index contributed by atoms with van der Waals surface area (Å²) in [5.74, 6) is -3.00. The SMILES string of the molecule is CCOC(=O)CCOCCOCCOCCOCCCCCC(=O)Nc1cccc2c1C(=O)N(C1CCC(=O)NC1=O)C2=O. The van der Waals surface area contributed by atoms with E-state index in [9.17, 15) is 28.8 Å². The van der Waals surface area contributed by atoms with Gasteiger partial charge in [-0.2, -0.15) is 0 Å². The molecule has 1 atom stereocenters. The Morgan fingerprint density at radius 2 is 1.50 bits per heavy atom. The van der Waals surface area contributed by atoms with Crippen LogP contribution in [0.3, 0.4) is 0 Å². The Morgan fingerprint density at radius 1 is 0.841 bits per heavy atom. The van der Waals surface area contributed by atoms with Crippen LogP contribution in [-0.2, 0) is 42.9 Å². The van der Waals surface area contributed by atoms with E-state index in [1.165, 1.54) is 6.07 Å². The molecule has 2 aliphatic heterocycles. The van der Waals surface area contributed by atoms with Crippen molar-refractivity contribution in [3.05, 3.63) is 29.3 Å². The van der Waals surface area contributed by atoms with Gasteiger partial charge in [-0.25, -0.2) is 0 Å². The lowest BCUT2D eigenvalue weighted by Gasteiger charge is -2.27. The maximum absolute atomic E-state index is 13.1. The smallest absolute Gasteiger partial charge is 0.308 e. The minimum Gasteiger partial charge on any atom is -0.466 e. The molecule has 0 spiro atoms. The summed E-state index contributed by atoms with van der Waals surface area (Å²) in [5.41, 5.74) is 0.378. The molecule has 2 N–H and O–H groups in total. The van der Waals surface area contributed by atoms with Gasteiger partial charge in [0.1, 0.15) is 6.04 Å². The lowest BCUT2D eigenvalue weighted by molar-refractivity contribution is -0.144. The molecule has 3 rings (SSSR count). The highest BCUT2D eigenvalue weighted by atomic mass is 16.6. The molecule has 1 unspecified atom stereocenters. The molecule has 14 nitrogen and oxygen atoms in total. The van der Waals surface area contributed by atoms with Crippen molar-refractivity contribution in [2.45, 2.75) is 57.9 Å². The van der Waals surface area contributed by atoms with Gasteiger partial charge in [-0.3, -0.25) is 39.0 Å². The van der Waals surface area contributed by atoms with Crippen LogP contribution in [0.5, 0.6) is 0 Å². The van der Waals surface area contributed by atoms with Crippen LogP contribution in [0, 0.1) is 0 Å². The molecule has 242 valence electrons. The second-order valence-electron chi connectivity index (χ2n) is 10.0. The van der Waals surface area contributed by atoms with Crippen molar-refractivity contribution in [2.24, 2.45) is 0 Å². The molecule has 14 heteroatoms. The fraction of sp³-hybridized carbons (Fsp3) is 0.600. The zero-order chi connectivity index (χ0) is 31.7. The van der Waals surface area contributed by atoms with Crippen LogP contribution >= 0.6 is 0 Å². The van der Waals surface area contributed by atoms with Crippen molar-refractivity contribution >= 4 is 41.2 Å². The molecule has 5 amide bonds. The van der Waals surface area contributed by atoms with E-state index in [2.05, 4.69) is 10.6 Å². The van der Waals surface area contributed by atoms with Crippen molar-refractivity contribution in [1.82, 2.24) is 10.2 Å². The third-order valence-corrected chi connectivity index (χ3v) is 6.81. The number of carbonyl (C=O) groups is 6. The number of esters is 1. The van der Waals surface area contributed by atoms with E-state index in [0.717, 1.165) is 17.7 Å². The number of ether oxygens (including phenoxy) is 5. The quantitative estimate of drug-likeness (QED) is 0.116.